The van der Waals surface area contributed by atoms with Crippen molar-refractivity contribution in [1.29, 1.82) is 0 Å². The molecule has 4 nitrogen and oxygen atoms in total. The number of ketones is 1. The molecule has 0 aromatic carbocycles. The van der Waals surface area contributed by atoms with Gasteiger partial charge in [0.15, 0.2) is 5.78 Å². The van der Waals surface area contributed by atoms with Crippen LogP contribution in [0.5, 0.6) is 0 Å². The summed E-state index contributed by atoms with van der Waals surface area (Å²) in [5.41, 5.74) is 1.25. The van der Waals surface area contributed by atoms with Crippen LogP contribution >= 0.6 is 0 Å². The highest BCUT2D eigenvalue weighted by Crippen LogP contribution is 2.35. The van der Waals surface area contributed by atoms with E-state index < -0.39 is 0 Å². The van der Waals surface area contributed by atoms with Gasteiger partial charge in [-0.15, -0.1) is 0 Å². The van der Waals surface area contributed by atoms with E-state index in [1.54, 1.807) is 0 Å². The summed E-state index contributed by atoms with van der Waals surface area (Å²) in [6.45, 7) is 1.24. The van der Waals surface area contributed by atoms with Gasteiger partial charge in [0.05, 0.1) is 6.54 Å². The van der Waals surface area contributed by atoms with Crippen molar-refractivity contribution in [2.75, 3.05) is 18.0 Å². The molecule has 0 unspecified atom stereocenters. The molecular formula is C12H15N3O. The van der Waals surface area contributed by atoms with Gasteiger partial charge < -0.3 is 4.90 Å². The average molecular weight is 217 g/mol. The Morgan fingerprint density at radius 2 is 2.00 bits per heavy atom. The first-order valence-corrected chi connectivity index (χ1v) is 5.91. The topological polar surface area (TPSA) is 46.1 Å². The van der Waals surface area contributed by atoms with Gasteiger partial charge in [-0.05, 0) is 24.3 Å². The SMILES string of the molecule is O=C1CCN(c2ncc(C3CCC3)cn2)C1. The van der Waals surface area contributed by atoms with Gasteiger partial charge in [-0.1, -0.05) is 6.42 Å². The molecule has 0 amide bonds. The van der Waals surface area contributed by atoms with Crippen LogP contribution < -0.4 is 4.90 Å². The lowest BCUT2D eigenvalue weighted by atomic mass is 9.81. The van der Waals surface area contributed by atoms with E-state index in [2.05, 4.69) is 9.97 Å². The van der Waals surface area contributed by atoms with Gasteiger partial charge in [-0.25, -0.2) is 9.97 Å². The Kier molecular flexibility index (Phi) is 2.35. The zero-order valence-corrected chi connectivity index (χ0v) is 9.22. The maximum absolute atomic E-state index is 11.2. The van der Waals surface area contributed by atoms with E-state index in [1.165, 1.54) is 24.8 Å². The van der Waals surface area contributed by atoms with Gasteiger partial charge in [0.1, 0.15) is 0 Å². The van der Waals surface area contributed by atoms with Crippen LogP contribution in [0.2, 0.25) is 0 Å². The molecule has 16 heavy (non-hydrogen) atoms. The molecule has 1 saturated heterocycles. The highest BCUT2D eigenvalue weighted by Gasteiger charge is 2.23. The predicted octanol–water partition coefficient (Wildman–Crippen LogP) is 1.52. The molecule has 1 aliphatic heterocycles. The Balaban J connectivity index is 1.74. The molecule has 0 spiro atoms. The number of carbonyl (C=O) groups is 1. The fourth-order valence-corrected chi connectivity index (χ4v) is 2.25. The summed E-state index contributed by atoms with van der Waals surface area (Å²) in [5, 5.41) is 0. The number of carbonyl (C=O) groups excluding carboxylic acids is 1. The van der Waals surface area contributed by atoms with E-state index in [0.717, 1.165) is 6.54 Å². The van der Waals surface area contributed by atoms with Crippen LogP contribution in [0.25, 0.3) is 0 Å². The summed E-state index contributed by atoms with van der Waals surface area (Å²) < 4.78 is 0. The highest BCUT2D eigenvalue weighted by molar-refractivity contribution is 5.86. The standard InChI is InChI=1S/C12H15N3O/c16-11-4-5-15(8-11)12-13-6-10(7-14-12)9-2-1-3-9/h6-7,9H,1-5,8H2. The molecule has 0 radical (unpaired) electrons. The van der Waals surface area contributed by atoms with E-state index >= 15 is 0 Å². The van der Waals surface area contributed by atoms with Crippen molar-refractivity contribution in [3.8, 4) is 0 Å². The summed E-state index contributed by atoms with van der Waals surface area (Å²) >= 11 is 0. The van der Waals surface area contributed by atoms with Gasteiger partial charge in [0.25, 0.3) is 0 Å². The third-order valence-corrected chi connectivity index (χ3v) is 3.55. The molecular weight excluding hydrogens is 202 g/mol. The number of nitrogens with zero attached hydrogens (tertiary/aromatic N) is 3. The number of hydrogen-bond donors (Lipinski definition) is 0. The Bertz CT molecular complexity index is 397. The van der Waals surface area contributed by atoms with Crippen LogP contribution in [-0.4, -0.2) is 28.8 Å². The van der Waals surface area contributed by atoms with Gasteiger partial charge in [-0.3, -0.25) is 4.79 Å². The zero-order valence-electron chi connectivity index (χ0n) is 9.22. The lowest BCUT2D eigenvalue weighted by Crippen LogP contribution is -2.22. The quantitative estimate of drug-likeness (QED) is 0.753. The minimum Gasteiger partial charge on any atom is -0.333 e. The summed E-state index contributed by atoms with van der Waals surface area (Å²) in [5.74, 6) is 1.66. The Morgan fingerprint density at radius 1 is 1.25 bits per heavy atom. The number of rotatable bonds is 2. The molecule has 2 aliphatic rings. The fourth-order valence-electron chi connectivity index (χ4n) is 2.25. The molecule has 0 N–H and O–H groups in total. The largest absolute Gasteiger partial charge is 0.333 e. The van der Waals surface area contributed by atoms with Gasteiger partial charge in [0, 0.05) is 25.4 Å². The van der Waals surface area contributed by atoms with Gasteiger partial charge >= 0.3 is 0 Å². The third-order valence-electron chi connectivity index (χ3n) is 3.55. The lowest BCUT2D eigenvalue weighted by molar-refractivity contribution is -0.116. The van der Waals surface area contributed by atoms with Crippen LogP contribution in [0, 0.1) is 0 Å². The maximum Gasteiger partial charge on any atom is 0.225 e. The average Bonchev–Trinajstić information content (AvgIpc) is 2.63. The molecule has 3 rings (SSSR count). The molecule has 0 atom stereocenters. The molecule has 4 heteroatoms. The van der Waals surface area contributed by atoms with Crippen LogP contribution in [0.15, 0.2) is 12.4 Å². The van der Waals surface area contributed by atoms with Crippen molar-refractivity contribution >= 4 is 11.7 Å². The van der Waals surface area contributed by atoms with Crippen LogP contribution in [0.4, 0.5) is 5.95 Å². The van der Waals surface area contributed by atoms with Crippen molar-refractivity contribution < 1.29 is 4.79 Å². The summed E-state index contributed by atoms with van der Waals surface area (Å²) in [6, 6.07) is 0. The number of aromatic nitrogens is 2. The van der Waals surface area contributed by atoms with Crippen molar-refractivity contribution in [2.45, 2.75) is 31.6 Å². The Hall–Kier alpha value is -1.45. The smallest absolute Gasteiger partial charge is 0.225 e. The summed E-state index contributed by atoms with van der Waals surface area (Å²) in [6.07, 6.45) is 8.35. The number of hydrogen-bond acceptors (Lipinski definition) is 4. The number of Topliss-reactive ketones (excluding diaryl/α,β-unsaturated/α-hetero) is 1. The normalized spacial score (nSPS) is 21.2. The molecule has 2 heterocycles. The van der Waals surface area contributed by atoms with Crippen molar-refractivity contribution in [3.63, 3.8) is 0 Å². The van der Waals surface area contributed by atoms with E-state index in [9.17, 15) is 4.79 Å². The lowest BCUT2D eigenvalue weighted by Gasteiger charge is -2.25. The van der Waals surface area contributed by atoms with Crippen molar-refractivity contribution in [2.24, 2.45) is 0 Å². The molecule has 2 fully saturated rings. The predicted molar refractivity (Wildman–Crippen MR) is 60.5 cm³/mol. The highest BCUT2D eigenvalue weighted by atomic mass is 16.1. The molecule has 84 valence electrons. The van der Waals surface area contributed by atoms with E-state index in [-0.39, 0.29) is 5.78 Å². The summed E-state index contributed by atoms with van der Waals surface area (Å²) in [7, 11) is 0. The molecule has 1 saturated carbocycles. The summed E-state index contributed by atoms with van der Waals surface area (Å²) in [4.78, 5) is 21.8. The third kappa shape index (κ3) is 1.68. The van der Waals surface area contributed by atoms with E-state index in [4.69, 9.17) is 0 Å². The molecule has 1 aliphatic carbocycles. The van der Waals surface area contributed by atoms with Crippen LogP contribution in [0.3, 0.4) is 0 Å². The second-order valence-corrected chi connectivity index (χ2v) is 4.65. The van der Waals surface area contributed by atoms with E-state index in [0.29, 0.717) is 24.8 Å². The van der Waals surface area contributed by atoms with Gasteiger partial charge in [-0.2, -0.15) is 0 Å². The minimum atomic E-state index is 0.284. The van der Waals surface area contributed by atoms with Gasteiger partial charge in [0.2, 0.25) is 5.95 Å². The van der Waals surface area contributed by atoms with Crippen LogP contribution in [-0.2, 0) is 4.79 Å². The fraction of sp³-hybridized carbons (Fsp3) is 0.583. The first-order chi connectivity index (χ1) is 7.83. The van der Waals surface area contributed by atoms with Crippen molar-refractivity contribution in [3.05, 3.63) is 18.0 Å². The van der Waals surface area contributed by atoms with E-state index in [1.807, 2.05) is 17.3 Å². The Morgan fingerprint density at radius 3 is 2.50 bits per heavy atom. The maximum atomic E-state index is 11.2. The van der Waals surface area contributed by atoms with Crippen LogP contribution in [0.1, 0.15) is 37.2 Å². The molecule has 1 aromatic heterocycles. The second-order valence-electron chi connectivity index (χ2n) is 4.65. The Labute approximate surface area is 94.7 Å². The first kappa shape index (κ1) is 9.75. The monoisotopic (exact) mass is 217 g/mol. The zero-order chi connectivity index (χ0) is 11.0. The minimum absolute atomic E-state index is 0.284. The number of anilines is 1. The second kappa shape index (κ2) is 3.85. The molecule has 1 aromatic rings. The van der Waals surface area contributed by atoms with Crippen molar-refractivity contribution in [1.82, 2.24) is 9.97 Å². The molecule has 0 bridgehead atoms. The first-order valence-electron chi connectivity index (χ1n) is 5.91.